The van der Waals surface area contributed by atoms with Gasteiger partial charge in [-0.1, -0.05) is 0 Å². The third-order valence-corrected chi connectivity index (χ3v) is 5.01. The summed E-state index contributed by atoms with van der Waals surface area (Å²) in [6, 6.07) is 12.2. The van der Waals surface area contributed by atoms with Gasteiger partial charge in [-0.15, -0.1) is 11.8 Å². The first-order valence-electron chi connectivity index (χ1n) is 9.05. The normalized spacial score (nSPS) is 12.8. The van der Waals surface area contributed by atoms with Gasteiger partial charge in [0.25, 0.3) is 0 Å². The Morgan fingerprint density at radius 1 is 1.00 bits per heavy atom. The van der Waals surface area contributed by atoms with E-state index in [4.69, 9.17) is 14.6 Å². The molecule has 30 heavy (non-hydrogen) atoms. The van der Waals surface area contributed by atoms with Crippen molar-refractivity contribution in [3.05, 3.63) is 54.1 Å². The number of fused-ring (bicyclic) bond motifs is 1. The lowest BCUT2D eigenvalue weighted by molar-refractivity contribution is -0.132. The molecule has 1 heterocycles. The SMILES string of the molecule is CC(=CC(=O)Nc1ccc(SCC(=O)Nc2ccc3c(c2)OCCO3)cc1)C(=O)O. The first-order chi connectivity index (χ1) is 14.4. The molecule has 2 aromatic rings. The number of thioether (sulfide) groups is 1. The molecule has 0 fully saturated rings. The summed E-state index contributed by atoms with van der Waals surface area (Å²) in [4.78, 5) is 35.6. The number of benzene rings is 2. The van der Waals surface area contributed by atoms with E-state index in [-0.39, 0.29) is 17.2 Å². The molecule has 0 saturated carbocycles. The molecule has 0 saturated heterocycles. The lowest BCUT2D eigenvalue weighted by atomic mass is 10.2. The topological polar surface area (TPSA) is 114 Å². The second kappa shape index (κ2) is 9.84. The van der Waals surface area contributed by atoms with E-state index in [1.54, 1.807) is 42.5 Å². The van der Waals surface area contributed by atoms with Crippen LogP contribution in [0, 0.1) is 0 Å². The molecule has 0 bridgehead atoms. The maximum absolute atomic E-state index is 12.2. The summed E-state index contributed by atoms with van der Waals surface area (Å²) in [6.07, 6.45) is 1.02. The third kappa shape index (κ3) is 6.02. The fraction of sp³-hybridized carbons (Fsp3) is 0.190. The fourth-order valence-corrected chi connectivity index (χ4v) is 3.24. The van der Waals surface area contributed by atoms with E-state index >= 15 is 0 Å². The second-order valence-corrected chi connectivity index (χ2v) is 7.39. The zero-order valence-electron chi connectivity index (χ0n) is 16.1. The predicted octanol–water partition coefficient (Wildman–Crippen LogP) is 3.16. The van der Waals surface area contributed by atoms with Crippen LogP contribution in [0.1, 0.15) is 6.92 Å². The summed E-state index contributed by atoms with van der Waals surface area (Å²) in [7, 11) is 0. The highest BCUT2D eigenvalue weighted by Crippen LogP contribution is 2.32. The van der Waals surface area contributed by atoms with Gasteiger partial charge in [-0.3, -0.25) is 9.59 Å². The number of carbonyl (C=O) groups excluding carboxylic acids is 2. The van der Waals surface area contributed by atoms with Crippen molar-refractivity contribution in [3.8, 4) is 11.5 Å². The van der Waals surface area contributed by atoms with Crippen LogP contribution < -0.4 is 20.1 Å². The summed E-state index contributed by atoms with van der Waals surface area (Å²) >= 11 is 1.35. The molecule has 0 spiro atoms. The van der Waals surface area contributed by atoms with Crippen LogP contribution >= 0.6 is 11.8 Å². The van der Waals surface area contributed by atoms with Crippen molar-refractivity contribution in [2.24, 2.45) is 0 Å². The van der Waals surface area contributed by atoms with Crippen LogP contribution in [-0.4, -0.2) is 41.9 Å². The Morgan fingerprint density at radius 3 is 2.37 bits per heavy atom. The number of carboxylic acid groups (broad SMARTS) is 1. The minimum Gasteiger partial charge on any atom is -0.486 e. The molecule has 0 atom stereocenters. The average Bonchev–Trinajstić information content (AvgIpc) is 2.73. The Labute approximate surface area is 177 Å². The van der Waals surface area contributed by atoms with Crippen molar-refractivity contribution in [1.82, 2.24) is 0 Å². The van der Waals surface area contributed by atoms with E-state index in [0.717, 1.165) is 11.0 Å². The first-order valence-corrected chi connectivity index (χ1v) is 10.0. The third-order valence-electron chi connectivity index (χ3n) is 4.00. The van der Waals surface area contributed by atoms with E-state index < -0.39 is 11.9 Å². The molecule has 2 amide bonds. The number of anilines is 2. The Morgan fingerprint density at radius 2 is 1.67 bits per heavy atom. The minimum atomic E-state index is -1.15. The number of hydrogen-bond donors (Lipinski definition) is 3. The van der Waals surface area contributed by atoms with Crippen LogP contribution in [-0.2, 0) is 14.4 Å². The summed E-state index contributed by atoms with van der Waals surface area (Å²) in [5.74, 6) is -0.350. The molecule has 8 nitrogen and oxygen atoms in total. The van der Waals surface area contributed by atoms with Crippen LogP contribution in [0.15, 0.2) is 59.0 Å². The van der Waals surface area contributed by atoms with Gasteiger partial charge in [-0.25, -0.2) is 4.79 Å². The van der Waals surface area contributed by atoms with Crippen molar-refractivity contribution in [2.75, 3.05) is 29.6 Å². The van der Waals surface area contributed by atoms with Gasteiger partial charge in [0.2, 0.25) is 11.8 Å². The molecule has 3 rings (SSSR count). The Balaban J connectivity index is 1.49. The van der Waals surface area contributed by atoms with Crippen molar-refractivity contribution in [3.63, 3.8) is 0 Å². The van der Waals surface area contributed by atoms with E-state index in [1.165, 1.54) is 18.7 Å². The number of carboxylic acids is 1. The van der Waals surface area contributed by atoms with E-state index in [1.807, 2.05) is 0 Å². The molecule has 1 aliphatic heterocycles. The lowest BCUT2D eigenvalue weighted by Gasteiger charge is -2.19. The number of amides is 2. The van der Waals surface area contributed by atoms with Crippen molar-refractivity contribution < 1.29 is 29.0 Å². The molecule has 0 aliphatic carbocycles. The zero-order chi connectivity index (χ0) is 21.5. The van der Waals surface area contributed by atoms with Gasteiger partial charge in [0.05, 0.1) is 5.75 Å². The van der Waals surface area contributed by atoms with Crippen LogP contribution in [0.3, 0.4) is 0 Å². The van der Waals surface area contributed by atoms with Crippen LogP contribution in [0.4, 0.5) is 11.4 Å². The van der Waals surface area contributed by atoms with Gasteiger partial charge in [-0.2, -0.15) is 0 Å². The number of carbonyl (C=O) groups is 3. The lowest BCUT2D eigenvalue weighted by Crippen LogP contribution is -2.17. The standard InChI is InChI=1S/C21H20N2O6S/c1-13(21(26)27)10-19(24)22-14-2-5-16(6-3-14)30-12-20(25)23-15-4-7-17-18(11-15)29-9-8-28-17/h2-7,10-11H,8-9,12H2,1H3,(H,22,24)(H,23,25)(H,26,27). The molecule has 3 N–H and O–H groups in total. The Hall–Kier alpha value is -3.46. The average molecular weight is 428 g/mol. The molecule has 156 valence electrons. The molecule has 9 heteroatoms. The molecule has 0 radical (unpaired) electrons. The maximum atomic E-state index is 12.2. The minimum absolute atomic E-state index is 0.0521. The van der Waals surface area contributed by atoms with Gasteiger partial charge in [0.1, 0.15) is 13.2 Å². The number of hydrogen-bond acceptors (Lipinski definition) is 6. The quantitative estimate of drug-likeness (QED) is 0.458. The monoisotopic (exact) mass is 428 g/mol. The van der Waals surface area contributed by atoms with Crippen LogP contribution in [0.5, 0.6) is 11.5 Å². The molecule has 2 aromatic carbocycles. The molecular formula is C21H20N2O6S. The smallest absolute Gasteiger partial charge is 0.331 e. The van der Waals surface area contributed by atoms with Crippen LogP contribution in [0.25, 0.3) is 0 Å². The molecule has 0 unspecified atom stereocenters. The highest BCUT2D eigenvalue weighted by atomic mass is 32.2. The number of nitrogens with one attached hydrogen (secondary N) is 2. The van der Waals surface area contributed by atoms with Gasteiger partial charge in [0, 0.05) is 34.0 Å². The summed E-state index contributed by atoms with van der Waals surface area (Å²) < 4.78 is 11.0. The van der Waals surface area contributed by atoms with E-state index in [2.05, 4.69) is 10.6 Å². The number of ether oxygens (including phenoxy) is 2. The Kier molecular flexibility index (Phi) is 6.97. The highest BCUT2D eigenvalue weighted by molar-refractivity contribution is 8.00. The predicted molar refractivity (Wildman–Crippen MR) is 113 cm³/mol. The van der Waals surface area contributed by atoms with Crippen molar-refractivity contribution in [1.29, 1.82) is 0 Å². The van der Waals surface area contributed by atoms with Gasteiger partial charge in [0.15, 0.2) is 11.5 Å². The highest BCUT2D eigenvalue weighted by Gasteiger charge is 2.13. The molecular weight excluding hydrogens is 408 g/mol. The van der Waals surface area contributed by atoms with Gasteiger partial charge in [-0.05, 0) is 43.3 Å². The Bertz CT molecular complexity index is 987. The summed E-state index contributed by atoms with van der Waals surface area (Å²) in [5, 5.41) is 14.2. The number of aliphatic carboxylic acids is 1. The maximum Gasteiger partial charge on any atom is 0.331 e. The molecule has 1 aliphatic rings. The number of rotatable bonds is 7. The molecule has 0 aromatic heterocycles. The summed E-state index contributed by atoms with van der Waals surface area (Å²) in [6.45, 7) is 2.33. The van der Waals surface area contributed by atoms with E-state index in [0.29, 0.717) is 36.1 Å². The first kappa shape index (κ1) is 21.3. The van der Waals surface area contributed by atoms with Crippen LogP contribution in [0.2, 0.25) is 0 Å². The largest absolute Gasteiger partial charge is 0.486 e. The van der Waals surface area contributed by atoms with Gasteiger partial charge < -0.3 is 25.2 Å². The summed E-state index contributed by atoms with van der Waals surface area (Å²) in [5.41, 5.74) is 1.11. The van der Waals surface area contributed by atoms with E-state index in [9.17, 15) is 14.4 Å². The zero-order valence-corrected chi connectivity index (χ0v) is 17.0. The second-order valence-electron chi connectivity index (χ2n) is 6.34. The van der Waals surface area contributed by atoms with Crippen molar-refractivity contribution >= 4 is 40.9 Å². The van der Waals surface area contributed by atoms with Crippen molar-refractivity contribution in [2.45, 2.75) is 11.8 Å². The fourth-order valence-electron chi connectivity index (χ4n) is 2.54. The van der Waals surface area contributed by atoms with Gasteiger partial charge >= 0.3 is 5.97 Å².